The van der Waals surface area contributed by atoms with Crippen molar-refractivity contribution in [3.63, 3.8) is 0 Å². The van der Waals surface area contributed by atoms with Gasteiger partial charge in [-0.05, 0) is 44.8 Å². The van der Waals surface area contributed by atoms with Crippen LogP contribution in [-0.4, -0.2) is 24.5 Å². The minimum atomic E-state index is 1.04. The molecule has 210 valence electrons. The summed E-state index contributed by atoms with van der Waals surface area (Å²) in [6.45, 7) is 8.78. The summed E-state index contributed by atoms with van der Waals surface area (Å²) in [5.74, 6) is 1.04. The molecule has 0 atom stereocenters. The van der Waals surface area contributed by atoms with Gasteiger partial charge in [0.2, 0.25) is 0 Å². The number of unbranched alkanes of at least 4 members (excludes halogenated alkanes) is 23. The number of piperidine rings is 1. The van der Waals surface area contributed by atoms with E-state index < -0.39 is 0 Å². The van der Waals surface area contributed by atoms with Gasteiger partial charge in [-0.1, -0.05) is 174 Å². The zero-order valence-corrected chi connectivity index (χ0v) is 24.9. The first-order valence-electron chi connectivity index (χ1n) is 17.1. The van der Waals surface area contributed by atoms with Crippen LogP contribution in [-0.2, 0) is 0 Å². The van der Waals surface area contributed by atoms with Crippen LogP contribution < -0.4 is 0 Å². The second kappa shape index (κ2) is 27.0. The molecule has 35 heavy (non-hydrogen) atoms. The second-order valence-corrected chi connectivity index (χ2v) is 12.2. The Morgan fingerprint density at radius 1 is 0.400 bits per heavy atom. The predicted molar refractivity (Wildman–Crippen MR) is 161 cm³/mol. The molecule has 0 aliphatic carbocycles. The molecular formula is C34H69N. The van der Waals surface area contributed by atoms with Gasteiger partial charge in [0.05, 0.1) is 0 Å². The molecule has 1 heteroatoms. The number of rotatable bonds is 27. The molecule has 1 heterocycles. The van der Waals surface area contributed by atoms with E-state index in [-0.39, 0.29) is 0 Å². The third-order valence-corrected chi connectivity index (χ3v) is 8.75. The van der Waals surface area contributed by atoms with Crippen LogP contribution in [0.4, 0.5) is 0 Å². The quantitative estimate of drug-likeness (QED) is 0.103. The molecule has 1 aliphatic heterocycles. The van der Waals surface area contributed by atoms with Crippen LogP contribution in [0.25, 0.3) is 0 Å². The Morgan fingerprint density at radius 2 is 0.714 bits per heavy atom. The fourth-order valence-electron chi connectivity index (χ4n) is 6.13. The lowest BCUT2D eigenvalue weighted by atomic mass is 9.91. The summed E-state index contributed by atoms with van der Waals surface area (Å²) in [7, 11) is 0. The second-order valence-electron chi connectivity index (χ2n) is 12.2. The average Bonchev–Trinajstić information content (AvgIpc) is 2.88. The van der Waals surface area contributed by atoms with E-state index >= 15 is 0 Å². The standard InChI is InChI=1S/C34H69N/c1-3-5-7-9-11-13-15-17-18-20-22-24-26-28-34-29-32-35(33-30-34)31-27-25-23-21-19-16-14-12-10-8-6-4-2/h34H,3-33H2,1-2H3. The molecule has 0 saturated carbocycles. The summed E-state index contributed by atoms with van der Waals surface area (Å²) in [5, 5.41) is 0. The molecule has 0 amide bonds. The predicted octanol–water partition coefficient (Wildman–Crippen LogP) is 11.9. The van der Waals surface area contributed by atoms with Gasteiger partial charge in [0, 0.05) is 0 Å². The molecule has 1 fully saturated rings. The van der Waals surface area contributed by atoms with Gasteiger partial charge in [0.15, 0.2) is 0 Å². The maximum absolute atomic E-state index is 2.77. The summed E-state index contributed by atoms with van der Waals surface area (Å²) in [5.41, 5.74) is 0. The van der Waals surface area contributed by atoms with Crippen LogP contribution in [0.2, 0.25) is 0 Å². The first-order chi connectivity index (χ1) is 17.4. The van der Waals surface area contributed by atoms with E-state index in [1.807, 2.05) is 0 Å². The Labute approximate surface area is 224 Å². The first kappa shape index (κ1) is 33.0. The van der Waals surface area contributed by atoms with Gasteiger partial charge in [-0.2, -0.15) is 0 Å². The average molecular weight is 492 g/mol. The Balaban J connectivity index is 1.76. The van der Waals surface area contributed by atoms with E-state index in [1.165, 1.54) is 199 Å². The first-order valence-corrected chi connectivity index (χ1v) is 17.1. The van der Waals surface area contributed by atoms with Crippen LogP contribution in [0.15, 0.2) is 0 Å². The molecule has 1 saturated heterocycles. The van der Waals surface area contributed by atoms with Crippen LogP contribution in [0.3, 0.4) is 0 Å². The van der Waals surface area contributed by atoms with Gasteiger partial charge in [-0.15, -0.1) is 0 Å². The normalized spacial score (nSPS) is 15.3. The molecule has 1 rings (SSSR count). The van der Waals surface area contributed by atoms with Crippen molar-refractivity contribution in [3.8, 4) is 0 Å². The highest BCUT2D eigenvalue weighted by molar-refractivity contribution is 4.72. The van der Waals surface area contributed by atoms with E-state index in [0.717, 1.165) is 5.92 Å². The molecule has 1 aliphatic rings. The van der Waals surface area contributed by atoms with Gasteiger partial charge >= 0.3 is 0 Å². The SMILES string of the molecule is CCCCCCCCCCCCCCCC1CCN(CCCCCCCCCCCCCC)CC1. The third kappa shape index (κ3) is 22.9. The molecule has 0 aromatic rings. The number of hydrogen-bond acceptors (Lipinski definition) is 1. The van der Waals surface area contributed by atoms with Crippen molar-refractivity contribution in [2.24, 2.45) is 5.92 Å². The largest absolute Gasteiger partial charge is 0.303 e. The van der Waals surface area contributed by atoms with E-state index in [9.17, 15) is 0 Å². The summed E-state index contributed by atoms with van der Waals surface area (Å²) < 4.78 is 0. The molecule has 0 bridgehead atoms. The summed E-state index contributed by atoms with van der Waals surface area (Å²) in [6, 6.07) is 0. The van der Waals surface area contributed by atoms with Gasteiger partial charge in [-0.25, -0.2) is 0 Å². The Kier molecular flexibility index (Phi) is 25.5. The van der Waals surface area contributed by atoms with E-state index in [4.69, 9.17) is 0 Å². The van der Waals surface area contributed by atoms with Gasteiger partial charge in [0.1, 0.15) is 0 Å². The van der Waals surface area contributed by atoms with E-state index in [2.05, 4.69) is 18.7 Å². The van der Waals surface area contributed by atoms with Crippen LogP contribution >= 0.6 is 0 Å². The van der Waals surface area contributed by atoms with Crippen molar-refractivity contribution in [2.75, 3.05) is 19.6 Å². The smallest absolute Gasteiger partial charge is 0.00161 e. The highest BCUT2D eigenvalue weighted by Crippen LogP contribution is 2.24. The third-order valence-electron chi connectivity index (χ3n) is 8.75. The molecule has 0 radical (unpaired) electrons. The molecule has 0 aromatic carbocycles. The van der Waals surface area contributed by atoms with Crippen LogP contribution in [0.5, 0.6) is 0 Å². The Morgan fingerprint density at radius 3 is 1.09 bits per heavy atom. The van der Waals surface area contributed by atoms with Crippen molar-refractivity contribution in [3.05, 3.63) is 0 Å². The highest BCUT2D eigenvalue weighted by Gasteiger charge is 2.18. The number of likely N-dealkylation sites (tertiary alicyclic amines) is 1. The molecule has 0 spiro atoms. The fourth-order valence-corrected chi connectivity index (χ4v) is 6.13. The van der Waals surface area contributed by atoms with Crippen molar-refractivity contribution >= 4 is 0 Å². The number of hydrogen-bond donors (Lipinski definition) is 0. The van der Waals surface area contributed by atoms with Gasteiger partial charge in [-0.3, -0.25) is 0 Å². The van der Waals surface area contributed by atoms with Crippen molar-refractivity contribution < 1.29 is 0 Å². The van der Waals surface area contributed by atoms with Crippen LogP contribution in [0.1, 0.15) is 194 Å². The van der Waals surface area contributed by atoms with Crippen molar-refractivity contribution in [1.29, 1.82) is 0 Å². The minimum absolute atomic E-state index is 1.04. The van der Waals surface area contributed by atoms with E-state index in [0.29, 0.717) is 0 Å². The maximum atomic E-state index is 2.77. The summed E-state index contributed by atoms with van der Waals surface area (Å²) in [6.07, 6.45) is 41.2. The Hall–Kier alpha value is -0.0400. The molecule has 0 N–H and O–H groups in total. The lowest BCUT2D eigenvalue weighted by Crippen LogP contribution is -2.34. The molecule has 0 unspecified atom stereocenters. The topological polar surface area (TPSA) is 3.24 Å². The molecule has 1 nitrogen and oxygen atoms in total. The van der Waals surface area contributed by atoms with Gasteiger partial charge < -0.3 is 4.90 Å². The molecule has 0 aromatic heterocycles. The zero-order chi connectivity index (χ0) is 25.1. The van der Waals surface area contributed by atoms with E-state index in [1.54, 1.807) is 0 Å². The molecular weight excluding hydrogens is 422 g/mol. The summed E-state index contributed by atoms with van der Waals surface area (Å²) in [4.78, 5) is 2.77. The highest BCUT2D eigenvalue weighted by atomic mass is 15.1. The minimum Gasteiger partial charge on any atom is -0.303 e. The van der Waals surface area contributed by atoms with Gasteiger partial charge in [0.25, 0.3) is 0 Å². The lowest BCUT2D eigenvalue weighted by Gasteiger charge is -2.32. The van der Waals surface area contributed by atoms with Crippen molar-refractivity contribution in [2.45, 2.75) is 194 Å². The lowest BCUT2D eigenvalue weighted by molar-refractivity contribution is 0.174. The fraction of sp³-hybridized carbons (Fsp3) is 1.00. The van der Waals surface area contributed by atoms with Crippen molar-refractivity contribution in [1.82, 2.24) is 4.90 Å². The zero-order valence-electron chi connectivity index (χ0n) is 24.9. The monoisotopic (exact) mass is 492 g/mol. The Bertz CT molecular complexity index is 384. The number of nitrogens with zero attached hydrogens (tertiary/aromatic N) is 1. The van der Waals surface area contributed by atoms with Crippen LogP contribution in [0, 0.1) is 5.92 Å². The maximum Gasteiger partial charge on any atom is -0.00161 e. The summed E-state index contributed by atoms with van der Waals surface area (Å²) >= 11 is 0.